The Morgan fingerprint density at radius 1 is 1.28 bits per heavy atom. The number of fused-ring (bicyclic) bond motifs is 2. The van der Waals surface area contributed by atoms with Crippen molar-refractivity contribution in [3.8, 4) is 5.75 Å². The molecule has 0 saturated heterocycles. The average Bonchev–Trinajstić information content (AvgIpc) is 3.23. The van der Waals surface area contributed by atoms with Gasteiger partial charge in [-0.15, -0.1) is 0 Å². The van der Waals surface area contributed by atoms with E-state index in [9.17, 15) is 4.79 Å². The summed E-state index contributed by atoms with van der Waals surface area (Å²) in [5.74, 6) is 2.41. The molecule has 1 amide bonds. The molecule has 0 spiro atoms. The normalized spacial score (nSPS) is 27.4. The van der Waals surface area contributed by atoms with Gasteiger partial charge in [0.05, 0.1) is 12.5 Å². The molecule has 0 aliphatic heterocycles. The van der Waals surface area contributed by atoms with Crippen molar-refractivity contribution < 1.29 is 9.53 Å². The molecule has 3 atom stereocenters. The fourth-order valence-electron chi connectivity index (χ4n) is 4.91. The molecule has 2 fully saturated rings. The molecule has 2 aliphatic rings. The van der Waals surface area contributed by atoms with Gasteiger partial charge >= 0.3 is 0 Å². The summed E-state index contributed by atoms with van der Waals surface area (Å²) >= 11 is 0. The minimum absolute atomic E-state index is 0.222. The van der Waals surface area contributed by atoms with Gasteiger partial charge in [-0.25, -0.2) is 0 Å². The molecule has 0 heterocycles. The van der Waals surface area contributed by atoms with E-state index in [4.69, 9.17) is 4.74 Å². The van der Waals surface area contributed by atoms with Crippen LogP contribution in [0.25, 0.3) is 0 Å². The van der Waals surface area contributed by atoms with Crippen LogP contribution in [0.3, 0.4) is 0 Å². The van der Waals surface area contributed by atoms with Gasteiger partial charge in [0.15, 0.2) is 0 Å². The van der Waals surface area contributed by atoms with Crippen molar-refractivity contribution in [2.24, 2.45) is 17.3 Å². The molecule has 0 aromatic heterocycles. The fourth-order valence-corrected chi connectivity index (χ4v) is 4.91. The summed E-state index contributed by atoms with van der Waals surface area (Å²) in [6.45, 7) is 4.73. The van der Waals surface area contributed by atoms with Crippen LogP contribution in [0.15, 0.2) is 24.3 Å². The highest BCUT2D eigenvalue weighted by Gasteiger charge is 2.55. The van der Waals surface area contributed by atoms with E-state index in [2.05, 4.69) is 29.7 Å². The maximum Gasteiger partial charge on any atom is 0.226 e. The molecule has 25 heavy (non-hydrogen) atoms. The van der Waals surface area contributed by atoms with Crippen molar-refractivity contribution in [1.82, 2.24) is 10.6 Å². The van der Waals surface area contributed by atoms with Gasteiger partial charge in [0.2, 0.25) is 5.91 Å². The maximum absolute atomic E-state index is 13.2. The number of benzene rings is 1. The van der Waals surface area contributed by atoms with Gasteiger partial charge in [0, 0.05) is 13.1 Å². The van der Waals surface area contributed by atoms with Gasteiger partial charge in [0.25, 0.3) is 0 Å². The van der Waals surface area contributed by atoms with E-state index in [0.717, 1.165) is 50.6 Å². The highest BCUT2D eigenvalue weighted by atomic mass is 16.5. The number of ether oxygens (including phenoxy) is 1. The highest BCUT2D eigenvalue weighted by Crippen LogP contribution is 2.57. The van der Waals surface area contributed by atoms with E-state index in [0.29, 0.717) is 5.92 Å². The monoisotopic (exact) mass is 344 g/mol. The Kier molecular flexibility index (Phi) is 6.00. The second-order valence-corrected chi connectivity index (χ2v) is 7.77. The first-order valence-corrected chi connectivity index (χ1v) is 9.80. The fraction of sp³-hybridized carbons (Fsp3) is 0.667. The van der Waals surface area contributed by atoms with Crippen molar-refractivity contribution >= 4 is 5.91 Å². The number of amides is 1. The molecule has 1 aromatic carbocycles. The number of hydrogen-bond acceptors (Lipinski definition) is 3. The first-order chi connectivity index (χ1) is 12.2. The van der Waals surface area contributed by atoms with Crippen LogP contribution in [0.2, 0.25) is 0 Å². The van der Waals surface area contributed by atoms with Crippen molar-refractivity contribution in [2.45, 2.75) is 45.4 Å². The molecular formula is C21H32N2O2. The van der Waals surface area contributed by atoms with Gasteiger partial charge in [-0.2, -0.15) is 0 Å². The van der Waals surface area contributed by atoms with Gasteiger partial charge in [-0.05, 0) is 68.2 Å². The van der Waals surface area contributed by atoms with Crippen LogP contribution in [-0.4, -0.2) is 32.7 Å². The van der Waals surface area contributed by atoms with Crippen LogP contribution in [-0.2, 0) is 11.2 Å². The highest BCUT2D eigenvalue weighted by molar-refractivity contribution is 5.84. The Hall–Kier alpha value is -1.55. The number of methoxy groups -OCH3 is 1. The molecule has 3 unspecified atom stereocenters. The molecular weight excluding hydrogens is 312 g/mol. The van der Waals surface area contributed by atoms with Crippen molar-refractivity contribution in [3.63, 3.8) is 0 Å². The smallest absolute Gasteiger partial charge is 0.226 e. The molecule has 4 heteroatoms. The summed E-state index contributed by atoms with van der Waals surface area (Å²) in [4.78, 5) is 13.2. The van der Waals surface area contributed by atoms with Crippen LogP contribution < -0.4 is 15.4 Å². The third-order valence-electron chi connectivity index (χ3n) is 6.10. The molecule has 138 valence electrons. The van der Waals surface area contributed by atoms with Gasteiger partial charge in [-0.3, -0.25) is 4.79 Å². The van der Waals surface area contributed by atoms with Crippen LogP contribution >= 0.6 is 0 Å². The largest absolute Gasteiger partial charge is 0.497 e. The van der Waals surface area contributed by atoms with E-state index in [1.165, 1.54) is 24.8 Å². The lowest BCUT2D eigenvalue weighted by atomic mass is 9.68. The summed E-state index contributed by atoms with van der Waals surface area (Å²) in [5.41, 5.74) is 0.992. The quantitative estimate of drug-likeness (QED) is 0.677. The number of nitrogens with one attached hydrogen (secondary N) is 2. The Morgan fingerprint density at radius 3 is 2.84 bits per heavy atom. The number of hydrogen-bond donors (Lipinski definition) is 2. The summed E-state index contributed by atoms with van der Waals surface area (Å²) in [6, 6.07) is 8.22. The van der Waals surface area contributed by atoms with E-state index < -0.39 is 0 Å². The lowest BCUT2D eigenvalue weighted by Gasteiger charge is -2.36. The standard InChI is InChI=1S/C21H32N2O2/c1-3-9-22-10-11-23-20(24)21(15-17-7-8-18(21)12-17)14-16-5-4-6-19(13-16)25-2/h4-6,13,17-18,22H,3,7-12,14-15H2,1-2H3,(H,23,24). The topological polar surface area (TPSA) is 50.4 Å². The molecule has 2 bridgehead atoms. The minimum Gasteiger partial charge on any atom is -0.497 e. The lowest BCUT2D eigenvalue weighted by Crippen LogP contribution is -2.47. The maximum atomic E-state index is 13.2. The third-order valence-corrected chi connectivity index (χ3v) is 6.10. The number of carbonyl (C=O) groups is 1. The van der Waals surface area contributed by atoms with Gasteiger partial charge in [-0.1, -0.05) is 25.5 Å². The Labute approximate surface area is 151 Å². The van der Waals surface area contributed by atoms with Gasteiger partial charge < -0.3 is 15.4 Å². The second kappa shape index (κ2) is 8.22. The van der Waals surface area contributed by atoms with Crippen LogP contribution in [0, 0.1) is 17.3 Å². The van der Waals surface area contributed by atoms with Crippen molar-refractivity contribution in [1.29, 1.82) is 0 Å². The Bertz CT molecular complexity index is 589. The molecule has 0 radical (unpaired) electrons. The van der Waals surface area contributed by atoms with Crippen LogP contribution in [0.5, 0.6) is 5.75 Å². The predicted molar refractivity (Wildman–Crippen MR) is 101 cm³/mol. The summed E-state index contributed by atoms with van der Waals surface area (Å²) in [6.07, 6.45) is 6.73. The summed E-state index contributed by atoms with van der Waals surface area (Å²) < 4.78 is 5.37. The zero-order valence-corrected chi connectivity index (χ0v) is 15.6. The van der Waals surface area contributed by atoms with E-state index in [-0.39, 0.29) is 11.3 Å². The lowest BCUT2D eigenvalue weighted by molar-refractivity contribution is -0.134. The second-order valence-electron chi connectivity index (χ2n) is 7.77. The molecule has 2 saturated carbocycles. The van der Waals surface area contributed by atoms with Crippen LogP contribution in [0.4, 0.5) is 0 Å². The summed E-state index contributed by atoms with van der Waals surface area (Å²) in [7, 11) is 1.70. The minimum atomic E-state index is -0.222. The van der Waals surface area contributed by atoms with E-state index in [1.54, 1.807) is 7.11 Å². The van der Waals surface area contributed by atoms with E-state index >= 15 is 0 Å². The average molecular weight is 344 g/mol. The SMILES string of the molecule is CCCNCCNC(=O)C1(Cc2cccc(OC)c2)CC2CCC1C2. The zero-order chi connectivity index (χ0) is 17.7. The van der Waals surface area contributed by atoms with E-state index in [1.807, 2.05) is 12.1 Å². The summed E-state index contributed by atoms with van der Waals surface area (Å²) in [5, 5.41) is 6.59. The Balaban J connectivity index is 1.69. The van der Waals surface area contributed by atoms with Crippen molar-refractivity contribution in [3.05, 3.63) is 29.8 Å². The Morgan fingerprint density at radius 2 is 2.16 bits per heavy atom. The predicted octanol–water partition coefficient (Wildman–Crippen LogP) is 3.16. The molecule has 2 N–H and O–H groups in total. The first kappa shape index (κ1) is 18.2. The van der Waals surface area contributed by atoms with Gasteiger partial charge in [0.1, 0.15) is 5.75 Å². The molecule has 3 rings (SSSR count). The number of rotatable bonds is 9. The third kappa shape index (κ3) is 4.00. The van der Waals surface area contributed by atoms with Crippen LogP contribution in [0.1, 0.15) is 44.6 Å². The molecule has 2 aliphatic carbocycles. The molecule has 1 aromatic rings. The molecule has 4 nitrogen and oxygen atoms in total. The van der Waals surface area contributed by atoms with Crippen molar-refractivity contribution in [2.75, 3.05) is 26.7 Å². The number of carbonyl (C=O) groups excluding carboxylic acids is 1. The zero-order valence-electron chi connectivity index (χ0n) is 15.6. The first-order valence-electron chi connectivity index (χ1n) is 9.80.